The van der Waals surface area contributed by atoms with E-state index in [-0.39, 0.29) is 11.6 Å². The molecule has 2 N–H and O–H groups in total. The zero-order valence-corrected chi connectivity index (χ0v) is 12.9. The molecule has 0 unspecified atom stereocenters. The number of fused-ring (bicyclic) bond motifs is 1. The topological polar surface area (TPSA) is 78.1 Å². The lowest BCUT2D eigenvalue weighted by Crippen LogP contribution is -2.41. The largest absolute Gasteiger partial charge is 0.322 e. The molecule has 0 bridgehead atoms. The molecule has 1 aliphatic heterocycles. The minimum atomic E-state index is -0.272. The van der Waals surface area contributed by atoms with E-state index < -0.39 is 0 Å². The summed E-state index contributed by atoms with van der Waals surface area (Å²) in [6.07, 6.45) is 1.83. The molecule has 0 fully saturated rings. The first-order chi connectivity index (χ1) is 10.5. The van der Waals surface area contributed by atoms with Crippen LogP contribution in [0.15, 0.2) is 29.3 Å². The standard InChI is InChI=1S/C14H12Cl2N4O2/c15-10-2-1-8(5-11(10)16)19-14(22)20-4-3-9-12(6-20)17-7-18-13(9)21/h1-2,5,7H,3-4,6H2,(H,19,22)(H,17,18,21). The lowest BCUT2D eigenvalue weighted by atomic mass is 10.1. The predicted molar refractivity (Wildman–Crippen MR) is 84.5 cm³/mol. The lowest BCUT2D eigenvalue weighted by molar-refractivity contribution is 0.205. The third-order valence-electron chi connectivity index (χ3n) is 3.47. The number of carbonyl (C=O) groups is 1. The molecule has 0 atom stereocenters. The fraction of sp³-hybridized carbons (Fsp3) is 0.214. The number of nitrogens with zero attached hydrogens (tertiary/aromatic N) is 2. The second-order valence-electron chi connectivity index (χ2n) is 4.89. The van der Waals surface area contributed by atoms with Crippen LogP contribution in [-0.2, 0) is 13.0 Å². The predicted octanol–water partition coefficient (Wildman–Crippen LogP) is 2.67. The summed E-state index contributed by atoms with van der Waals surface area (Å²) in [5.74, 6) is 0. The number of hydrogen-bond donors (Lipinski definition) is 2. The van der Waals surface area contributed by atoms with Gasteiger partial charge < -0.3 is 15.2 Å². The Bertz CT molecular complexity index is 791. The van der Waals surface area contributed by atoms with Gasteiger partial charge in [-0.05, 0) is 24.6 Å². The number of hydrogen-bond acceptors (Lipinski definition) is 3. The molecule has 8 heteroatoms. The van der Waals surface area contributed by atoms with Crippen LogP contribution in [-0.4, -0.2) is 27.4 Å². The smallest absolute Gasteiger partial charge is 0.318 e. The van der Waals surface area contributed by atoms with Gasteiger partial charge >= 0.3 is 6.03 Å². The molecule has 0 radical (unpaired) electrons. The molecule has 0 saturated heterocycles. The third kappa shape index (κ3) is 2.93. The highest BCUT2D eigenvalue weighted by Gasteiger charge is 2.23. The van der Waals surface area contributed by atoms with Crippen molar-refractivity contribution in [2.24, 2.45) is 0 Å². The molecule has 1 aromatic carbocycles. The molecule has 0 spiro atoms. The second kappa shape index (κ2) is 5.98. The van der Waals surface area contributed by atoms with Gasteiger partial charge in [0.2, 0.25) is 0 Å². The summed E-state index contributed by atoms with van der Waals surface area (Å²) in [7, 11) is 0. The zero-order valence-electron chi connectivity index (χ0n) is 11.4. The number of aromatic amines is 1. The minimum Gasteiger partial charge on any atom is -0.318 e. The minimum absolute atomic E-state index is 0.144. The average molecular weight is 339 g/mol. The van der Waals surface area contributed by atoms with Crippen molar-refractivity contribution in [1.82, 2.24) is 14.9 Å². The van der Waals surface area contributed by atoms with E-state index in [9.17, 15) is 9.59 Å². The Hall–Kier alpha value is -2.05. The highest BCUT2D eigenvalue weighted by atomic mass is 35.5. The number of aromatic nitrogens is 2. The van der Waals surface area contributed by atoms with Gasteiger partial charge in [0.25, 0.3) is 5.56 Å². The molecule has 2 amide bonds. The number of amides is 2. The Morgan fingerprint density at radius 3 is 2.91 bits per heavy atom. The van der Waals surface area contributed by atoms with E-state index in [1.54, 1.807) is 23.1 Å². The van der Waals surface area contributed by atoms with Gasteiger partial charge in [0.1, 0.15) is 0 Å². The zero-order chi connectivity index (χ0) is 15.7. The first kappa shape index (κ1) is 14.9. The van der Waals surface area contributed by atoms with Crippen molar-refractivity contribution in [2.75, 3.05) is 11.9 Å². The van der Waals surface area contributed by atoms with Gasteiger partial charge in [0.15, 0.2) is 0 Å². The van der Waals surface area contributed by atoms with Gasteiger partial charge in [-0.25, -0.2) is 9.78 Å². The Morgan fingerprint density at radius 1 is 1.32 bits per heavy atom. The van der Waals surface area contributed by atoms with Crippen LogP contribution in [0.3, 0.4) is 0 Å². The molecule has 0 aliphatic carbocycles. The van der Waals surface area contributed by atoms with Crippen molar-refractivity contribution in [2.45, 2.75) is 13.0 Å². The molecule has 3 rings (SSSR count). The van der Waals surface area contributed by atoms with Gasteiger partial charge in [-0.15, -0.1) is 0 Å². The van der Waals surface area contributed by atoms with E-state index in [0.29, 0.717) is 46.5 Å². The average Bonchev–Trinajstić information content (AvgIpc) is 2.51. The van der Waals surface area contributed by atoms with E-state index >= 15 is 0 Å². The molecule has 1 aromatic heterocycles. The van der Waals surface area contributed by atoms with E-state index in [1.807, 2.05) is 0 Å². The number of rotatable bonds is 1. The number of benzene rings is 1. The number of anilines is 1. The summed E-state index contributed by atoms with van der Waals surface area (Å²) in [4.78, 5) is 32.2. The third-order valence-corrected chi connectivity index (χ3v) is 4.21. The highest BCUT2D eigenvalue weighted by Crippen LogP contribution is 2.25. The summed E-state index contributed by atoms with van der Waals surface area (Å²) >= 11 is 11.8. The fourth-order valence-corrected chi connectivity index (χ4v) is 2.61. The van der Waals surface area contributed by atoms with Crippen molar-refractivity contribution in [3.63, 3.8) is 0 Å². The van der Waals surface area contributed by atoms with Gasteiger partial charge in [0, 0.05) is 17.8 Å². The molecular weight excluding hydrogens is 327 g/mol. The van der Waals surface area contributed by atoms with Gasteiger partial charge in [-0.3, -0.25) is 4.79 Å². The van der Waals surface area contributed by atoms with Crippen LogP contribution in [0.1, 0.15) is 11.3 Å². The van der Waals surface area contributed by atoms with Crippen LogP contribution in [0.2, 0.25) is 10.0 Å². The van der Waals surface area contributed by atoms with Gasteiger partial charge in [-0.2, -0.15) is 0 Å². The number of nitrogens with one attached hydrogen (secondary N) is 2. The van der Waals surface area contributed by atoms with E-state index in [1.165, 1.54) is 6.33 Å². The number of halogens is 2. The van der Waals surface area contributed by atoms with Gasteiger partial charge in [-0.1, -0.05) is 23.2 Å². The Morgan fingerprint density at radius 2 is 2.14 bits per heavy atom. The van der Waals surface area contributed by atoms with Crippen LogP contribution in [0.4, 0.5) is 10.5 Å². The quantitative estimate of drug-likeness (QED) is 0.838. The van der Waals surface area contributed by atoms with Crippen LogP contribution in [0.25, 0.3) is 0 Å². The fourth-order valence-electron chi connectivity index (χ4n) is 2.32. The SMILES string of the molecule is O=C(Nc1ccc(Cl)c(Cl)c1)N1CCc2c(nc[nH]c2=O)C1. The number of urea groups is 1. The normalized spacial score (nSPS) is 13.6. The second-order valence-corrected chi connectivity index (χ2v) is 5.70. The maximum atomic E-state index is 12.3. The number of H-pyrrole nitrogens is 1. The van der Waals surface area contributed by atoms with E-state index in [4.69, 9.17) is 23.2 Å². The Balaban J connectivity index is 1.74. The van der Waals surface area contributed by atoms with Gasteiger partial charge in [0.05, 0.1) is 28.6 Å². The molecule has 114 valence electrons. The van der Waals surface area contributed by atoms with E-state index in [0.717, 1.165) is 0 Å². The first-order valence-corrected chi connectivity index (χ1v) is 7.36. The molecular formula is C14H12Cl2N4O2. The van der Waals surface area contributed by atoms with Crippen molar-refractivity contribution in [3.05, 3.63) is 56.2 Å². The van der Waals surface area contributed by atoms with Crippen LogP contribution in [0.5, 0.6) is 0 Å². The van der Waals surface area contributed by atoms with E-state index in [2.05, 4.69) is 15.3 Å². The summed E-state index contributed by atoms with van der Waals surface area (Å²) < 4.78 is 0. The van der Waals surface area contributed by atoms with Crippen molar-refractivity contribution >= 4 is 34.9 Å². The van der Waals surface area contributed by atoms with Crippen molar-refractivity contribution < 1.29 is 4.79 Å². The Labute approximate surface area is 136 Å². The molecule has 0 saturated carbocycles. The monoisotopic (exact) mass is 338 g/mol. The highest BCUT2D eigenvalue weighted by molar-refractivity contribution is 6.42. The van der Waals surface area contributed by atoms with Crippen molar-refractivity contribution in [1.29, 1.82) is 0 Å². The summed E-state index contributed by atoms with van der Waals surface area (Å²) in [6, 6.07) is 4.60. The summed E-state index contributed by atoms with van der Waals surface area (Å²) in [5.41, 5.74) is 1.68. The maximum absolute atomic E-state index is 12.3. The molecule has 2 aromatic rings. The van der Waals surface area contributed by atoms with Crippen LogP contribution < -0.4 is 10.9 Å². The maximum Gasteiger partial charge on any atom is 0.322 e. The molecule has 22 heavy (non-hydrogen) atoms. The molecule has 6 nitrogen and oxygen atoms in total. The summed E-state index contributed by atoms with van der Waals surface area (Å²) in [5, 5.41) is 3.55. The lowest BCUT2D eigenvalue weighted by Gasteiger charge is -2.27. The number of carbonyl (C=O) groups excluding carboxylic acids is 1. The molecule has 1 aliphatic rings. The van der Waals surface area contributed by atoms with Crippen LogP contribution in [0, 0.1) is 0 Å². The first-order valence-electron chi connectivity index (χ1n) is 6.61. The summed E-state index contributed by atoms with van der Waals surface area (Å²) in [6.45, 7) is 0.751. The van der Waals surface area contributed by atoms with Crippen molar-refractivity contribution in [3.8, 4) is 0 Å². The van der Waals surface area contributed by atoms with Crippen LogP contribution >= 0.6 is 23.2 Å². The Kier molecular flexibility index (Phi) is 4.04. The molecule has 2 heterocycles.